The minimum Gasteiger partial charge on any atom is -0.120 e. The van der Waals surface area contributed by atoms with Gasteiger partial charge in [0.05, 0.1) is 0 Å². The van der Waals surface area contributed by atoms with Gasteiger partial charge in [0.25, 0.3) is 0 Å². The molecule has 1 heteroatoms. The zero-order valence-corrected chi connectivity index (χ0v) is 12.2. The van der Waals surface area contributed by atoms with Gasteiger partial charge < -0.3 is 0 Å². The van der Waals surface area contributed by atoms with Gasteiger partial charge in [-0.1, -0.05) is 53.7 Å². The molecule has 0 bridgehead atoms. The van der Waals surface area contributed by atoms with Crippen molar-refractivity contribution in [1.29, 1.82) is 0 Å². The summed E-state index contributed by atoms with van der Waals surface area (Å²) in [5.74, 6) is 0. The number of rotatable bonds is 2. The topological polar surface area (TPSA) is 0 Å². The molecule has 0 spiro atoms. The lowest BCUT2D eigenvalue weighted by Gasteiger charge is -2.20. The van der Waals surface area contributed by atoms with Gasteiger partial charge in [0, 0.05) is 9.64 Å². The van der Waals surface area contributed by atoms with Gasteiger partial charge in [-0.15, -0.1) is 11.8 Å². The van der Waals surface area contributed by atoms with Crippen molar-refractivity contribution in [2.24, 2.45) is 5.41 Å². The molecular weight excluding hydrogens is 212 g/mol. The second kappa shape index (κ2) is 4.83. The molecule has 0 aromatic heterocycles. The molecule has 0 amide bonds. The van der Waals surface area contributed by atoms with Crippen molar-refractivity contribution in [2.45, 2.75) is 57.6 Å². The number of hydrogen-bond acceptors (Lipinski definition) is 1. The van der Waals surface area contributed by atoms with E-state index in [0.29, 0.717) is 10.2 Å². The lowest BCUT2D eigenvalue weighted by atomic mass is 9.88. The van der Waals surface area contributed by atoms with Crippen LogP contribution < -0.4 is 0 Å². The molecule has 0 saturated heterocycles. The van der Waals surface area contributed by atoms with Crippen LogP contribution in [0.15, 0.2) is 29.2 Å². The lowest BCUT2D eigenvalue weighted by molar-refractivity contribution is 0.411. The standard InChI is InChI=1S/C15H24S/c1-14(2,3)11-12-7-9-13(10-8-12)16-15(4,5)6/h7-10H,11H2,1-6H3. The van der Waals surface area contributed by atoms with Crippen molar-refractivity contribution < 1.29 is 0 Å². The van der Waals surface area contributed by atoms with Crippen molar-refractivity contribution in [3.05, 3.63) is 29.8 Å². The Hall–Kier alpha value is -0.430. The highest BCUT2D eigenvalue weighted by atomic mass is 32.2. The molecule has 90 valence electrons. The summed E-state index contributed by atoms with van der Waals surface area (Å²) < 4.78 is 0.297. The molecule has 0 N–H and O–H groups in total. The summed E-state index contributed by atoms with van der Waals surface area (Å²) in [6.07, 6.45) is 1.15. The first-order valence-corrected chi connectivity index (χ1v) is 6.75. The molecule has 0 fully saturated rings. The maximum Gasteiger partial charge on any atom is 0.0122 e. The van der Waals surface area contributed by atoms with Crippen LogP contribution in [0.25, 0.3) is 0 Å². The highest BCUT2D eigenvalue weighted by Crippen LogP contribution is 2.32. The van der Waals surface area contributed by atoms with E-state index < -0.39 is 0 Å². The summed E-state index contributed by atoms with van der Waals surface area (Å²) >= 11 is 1.93. The Morgan fingerprint density at radius 1 is 0.875 bits per heavy atom. The second-order valence-electron chi connectivity index (χ2n) is 6.60. The van der Waals surface area contributed by atoms with E-state index in [0.717, 1.165) is 6.42 Å². The third-order valence-electron chi connectivity index (χ3n) is 2.08. The highest BCUT2D eigenvalue weighted by molar-refractivity contribution is 8.00. The molecule has 0 unspecified atom stereocenters. The summed E-state index contributed by atoms with van der Waals surface area (Å²) in [6, 6.07) is 9.02. The average Bonchev–Trinajstić information content (AvgIpc) is 2.03. The fraction of sp³-hybridized carbons (Fsp3) is 0.600. The first kappa shape index (κ1) is 13.6. The van der Waals surface area contributed by atoms with Gasteiger partial charge in [-0.3, -0.25) is 0 Å². The minimum absolute atomic E-state index is 0.297. The minimum atomic E-state index is 0.297. The van der Waals surface area contributed by atoms with Crippen LogP contribution in [0.1, 0.15) is 47.1 Å². The number of hydrogen-bond donors (Lipinski definition) is 0. The van der Waals surface area contributed by atoms with Gasteiger partial charge in [0.2, 0.25) is 0 Å². The van der Waals surface area contributed by atoms with E-state index in [9.17, 15) is 0 Å². The van der Waals surface area contributed by atoms with Crippen molar-refractivity contribution in [3.63, 3.8) is 0 Å². The Morgan fingerprint density at radius 2 is 1.38 bits per heavy atom. The average molecular weight is 236 g/mol. The largest absolute Gasteiger partial charge is 0.120 e. The van der Waals surface area contributed by atoms with E-state index in [4.69, 9.17) is 0 Å². The zero-order chi connectivity index (χ0) is 12.4. The van der Waals surface area contributed by atoms with Crippen molar-refractivity contribution >= 4 is 11.8 Å². The van der Waals surface area contributed by atoms with Gasteiger partial charge >= 0.3 is 0 Å². The van der Waals surface area contributed by atoms with Crippen molar-refractivity contribution in [1.82, 2.24) is 0 Å². The van der Waals surface area contributed by atoms with Crippen LogP contribution in [0, 0.1) is 5.41 Å². The molecule has 16 heavy (non-hydrogen) atoms. The van der Waals surface area contributed by atoms with Gasteiger partial charge in [-0.05, 0) is 29.5 Å². The molecule has 0 aliphatic heterocycles. The van der Waals surface area contributed by atoms with E-state index >= 15 is 0 Å². The first-order chi connectivity index (χ1) is 7.16. The fourth-order valence-electron chi connectivity index (χ4n) is 1.64. The predicted octanol–water partition coefficient (Wildman–Crippen LogP) is 5.17. The van der Waals surface area contributed by atoms with E-state index in [1.54, 1.807) is 0 Å². The molecule has 0 radical (unpaired) electrons. The zero-order valence-electron chi connectivity index (χ0n) is 11.4. The quantitative estimate of drug-likeness (QED) is 0.639. The molecule has 0 heterocycles. The molecule has 0 aliphatic carbocycles. The third kappa shape index (κ3) is 5.60. The molecule has 0 saturated carbocycles. The monoisotopic (exact) mass is 236 g/mol. The molecule has 1 aromatic carbocycles. The van der Waals surface area contributed by atoms with Gasteiger partial charge in [-0.2, -0.15) is 0 Å². The summed E-state index contributed by atoms with van der Waals surface area (Å²) in [5, 5.41) is 0. The molecule has 1 rings (SSSR count). The third-order valence-corrected chi connectivity index (χ3v) is 3.20. The second-order valence-corrected chi connectivity index (χ2v) is 8.50. The Labute approximate surface area is 105 Å². The van der Waals surface area contributed by atoms with Crippen LogP contribution in [0.4, 0.5) is 0 Å². The van der Waals surface area contributed by atoms with Gasteiger partial charge in [0.15, 0.2) is 0 Å². The Bertz CT molecular complexity index is 287. The van der Waals surface area contributed by atoms with E-state index in [1.807, 2.05) is 11.8 Å². The van der Waals surface area contributed by atoms with Crippen molar-refractivity contribution in [2.75, 3.05) is 0 Å². The van der Waals surface area contributed by atoms with Crippen LogP contribution in [0.2, 0.25) is 0 Å². The van der Waals surface area contributed by atoms with Gasteiger partial charge in [0.1, 0.15) is 0 Å². The summed E-state index contributed by atoms with van der Waals surface area (Å²) in [4.78, 5) is 1.37. The normalized spacial score (nSPS) is 12.9. The lowest BCUT2D eigenvalue weighted by Crippen LogP contribution is -2.09. The SMILES string of the molecule is CC(C)(C)Cc1ccc(SC(C)(C)C)cc1. The Kier molecular flexibility index (Phi) is 4.12. The molecule has 0 atom stereocenters. The van der Waals surface area contributed by atoms with Gasteiger partial charge in [-0.25, -0.2) is 0 Å². The van der Waals surface area contributed by atoms with E-state index in [2.05, 4.69) is 65.8 Å². The van der Waals surface area contributed by atoms with E-state index in [1.165, 1.54) is 10.5 Å². The van der Waals surface area contributed by atoms with Crippen LogP contribution in [0.5, 0.6) is 0 Å². The predicted molar refractivity (Wildman–Crippen MR) is 75.2 cm³/mol. The van der Waals surface area contributed by atoms with Crippen molar-refractivity contribution in [3.8, 4) is 0 Å². The molecule has 1 aromatic rings. The summed E-state index contributed by atoms with van der Waals surface area (Å²) in [5.41, 5.74) is 1.81. The molecule has 0 nitrogen and oxygen atoms in total. The van der Waals surface area contributed by atoms with Crippen LogP contribution >= 0.6 is 11.8 Å². The molecular formula is C15H24S. The maximum absolute atomic E-state index is 2.28. The summed E-state index contributed by atoms with van der Waals surface area (Å²) in [7, 11) is 0. The smallest absolute Gasteiger partial charge is 0.0122 e. The Balaban J connectivity index is 2.69. The molecule has 0 aliphatic rings. The highest BCUT2D eigenvalue weighted by Gasteiger charge is 2.13. The Morgan fingerprint density at radius 3 is 1.75 bits per heavy atom. The fourth-order valence-corrected chi connectivity index (χ4v) is 2.62. The summed E-state index contributed by atoms with van der Waals surface area (Å²) in [6.45, 7) is 13.6. The first-order valence-electron chi connectivity index (χ1n) is 5.94. The number of benzene rings is 1. The number of thioether (sulfide) groups is 1. The maximum atomic E-state index is 2.28. The van der Waals surface area contributed by atoms with Crippen LogP contribution in [0.3, 0.4) is 0 Å². The van der Waals surface area contributed by atoms with Crippen LogP contribution in [-0.2, 0) is 6.42 Å². The van der Waals surface area contributed by atoms with Crippen LogP contribution in [-0.4, -0.2) is 4.75 Å². The van der Waals surface area contributed by atoms with E-state index in [-0.39, 0.29) is 0 Å².